The van der Waals surface area contributed by atoms with Crippen molar-refractivity contribution in [3.8, 4) is 0 Å². The number of hydrogen-bond donors (Lipinski definition) is 0. The van der Waals surface area contributed by atoms with E-state index in [-0.39, 0.29) is 12.1 Å². The van der Waals surface area contributed by atoms with E-state index in [1.54, 1.807) is 0 Å². The number of fused-ring (bicyclic) bond motifs is 2. The van der Waals surface area contributed by atoms with Crippen LogP contribution in [0.5, 0.6) is 0 Å². The van der Waals surface area contributed by atoms with Crippen LogP contribution in [0.1, 0.15) is 53.6 Å². The van der Waals surface area contributed by atoms with Gasteiger partial charge in [-0.15, -0.1) is 0 Å². The minimum atomic E-state index is -0.186. The van der Waals surface area contributed by atoms with Gasteiger partial charge in [0.1, 0.15) is 6.10 Å². The summed E-state index contributed by atoms with van der Waals surface area (Å²) >= 11 is 0. The third kappa shape index (κ3) is 4.64. The van der Waals surface area contributed by atoms with Crippen LogP contribution in [0.3, 0.4) is 0 Å². The molecule has 0 heterocycles. The maximum absolute atomic E-state index is 12.6. The van der Waals surface area contributed by atoms with Gasteiger partial charge in [0.25, 0.3) is 0 Å². The lowest BCUT2D eigenvalue weighted by Gasteiger charge is -2.21. The summed E-state index contributed by atoms with van der Waals surface area (Å²) in [5.74, 6) is -0.186. The number of hydrogen-bond acceptors (Lipinski definition) is 2. The second-order valence-electron chi connectivity index (χ2n) is 8.74. The Morgan fingerprint density at radius 1 is 0.677 bits per heavy atom. The first-order valence-electron chi connectivity index (χ1n) is 11.5. The number of carbonyl (C=O) groups is 1. The van der Waals surface area contributed by atoms with Crippen molar-refractivity contribution >= 4 is 27.5 Å². The Kier molecular flexibility index (Phi) is 5.71. The van der Waals surface area contributed by atoms with Gasteiger partial charge in [0, 0.05) is 0 Å². The van der Waals surface area contributed by atoms with E-state index in [0.29, 0.717) is 5.56 Å². The zero-order chi connectivity index (χ0) is 21.0. The summed E-state index contributed by atoms with van der Waals surface area (Å²) in [5.41, 5.74) is 3.33. The molecule has 1 saturated carbocycles. The van der Waals surface area contributed by atoms with Crippen molar-refractivity contribution < 1.29 is 9.53 Å². The van der Waals surface area contributed by atoms with Gasteiger partial charge in [0.15, 0.2) is 0 Å². The molecule has 1 aliphatic rings. The maximum atomic E-state index is 12.6. The van der Waals surface area contributed by atoms with Gasteiger partial charge in [-0.25, -0.2) is 4.79 Å². The minimum Gasteiger partial charge on any atom is -0.459 e. The van der Waals surface area contributed by atoms with Crippen molar-refractivity contribution in [3.05, 3.63) is 95.6 Å². The minimum absolute atomic E-state index is 0.0921. The molecule has 0 aliphatic heterocycles. The average Bonchev–Trinajstić information content (AvgIpc) is 2.82. The predicted octanol–water partition coefficient (Wildman–Crippen LogP) is 7.27. The Balaban J connectivity index is 1.27. The first-order valence-corrected chi connectivity index (χ1v) is 11.5. The van der Waals surface area contributed by atoms with E-state index in [4.69, 9.17) is 4.74 Å². The molecular weight excluding hydrogens is 380 g/mol. The number of aryl methyl sites for hydroxylation is 2. The highest BCUT2D eigenvalue weighted by Crippen LogP contribution is 2.24. The van der Waals surface area contributed by atoms with E-state index < -0.39 is 0 Å². The molecule has 2 heteroatoms. The molecule has 4 aromatic rings. The molecule has 0 saturated heterocycles. The van der Waals surface area contributed by atoms with Crippen LogP contribution in [0.4, 0.5) is 0 Å². The summed E-state index contributed by atoms with van der Waals surface area (Å²) in [4.78, 5) is 12.6. The number of ether oxygens (including phenoxy) is 1. The lowest BCUT2D eigenvalue weighted by atomic mass is 9.97. The topological polar surface area (TPSA) is 26.3 Å². The van der Waals surface area contributed by atoms with Crippen LogP contribution < -0.4 is 0 Å². The molecule has 156 valence electrons. The van der Waals surface area contributed by atoms with E-state index in [2.05, 4.69) is 60.7 Å². The van der Waals surface area contributed by atoms with Gasteiger partial charge < -0.3 is 4.74 Å². The van der Waals surface area contributed by atoms with Gasteiger partial charge in [-0.2, -0.15) is 0 Å². The van der Waals surface area contributed by atoms with Crippen LogP contribution in [0.15, 0.2) is 78.9 Å². The third-order valence-electron chi connectivity index (χ3n) is 6.48. The Labute approximate surface area is 183 Å². The molecule has 1 aliphatic carbocycles. The van der Waals surface area contributed by atoms with Gasteiger partial charge in [-0.3, -0.25) is 0 Å². The first kappa shape index (κ1) is 19.8. The van der Waals surface area contributed by atoms with Gasteiger partial charge in [0.2, 0.25) is 0 Å². The predicted molar refractivity (Wildman–Crippen MR) is 128 cm³/mol. The second kappa shape index (κ2) is 8.93. The summed E-state index contributed by atoms with van der Waals surface area (Å²) in [6.45, 7) is 0. The fourth-order valence-corrected chi connectivity index (χ4v) is 4.66. The van der Waals surface area contributed by atoms with Gasteiger partial charge in [-0.05, 0) is 83.3 Å². The highest BCUT2D eigenvalue weighted by atomic mass is 16.5. The van der Waals surface area contributed by atoms with E-state index >= 15 is 0 Å². The van der Waals surface area contributed by atoms with Crippen molar-refractivity contribution in [2.24, 2.45) is 0 Å². The molecule has 0 spiro atoms. The Morgan fingerprint density at radius 2 is 1.26 bits per heavy atom. The average molecular weight is 409 g/mol. The highest BCUT2D eigenvalue weighted by Gasteiger charge is 2.18. The molecule has 2 nitrogen and oxygen atoms in total. The van der Waals surface area contributed by atoms with E-state index in [1.807, 2.05) is 18.2 Å². The quantitative estimate of drug-likeness (QED) is 0.325. The lowest BCUT2D eigenvalue weighted by Crippen LogP contribution is -2.20. The van der Waals surface area contributed by atoms with Crippen LogP contribution in [-0.4, -0.2) is 12.1 Å². The SMILES string of the molecule is O=C(OC1CCCCC1)c1ccc2cc(CCc3ccc4ccccc4c3)ccc2c1. The largest absolute Gasteiger partial charge is 0.459 e. The fourth-order valence-electron chi connectivity index (χ4n) is 4.66. The summed E-state index contributed by atoms with van der Waals surface area (Å²) in [7, 11) is 0. The summed E-state index contributed by atoms with van der Waals surface area (Å²) in [5, 5.41) is 4.85. The van der Waals surface area contributed by atoms with E-state index in [9.17, 15) is 4.79 Å². The normalized spacial score (nSPS) is 14.7. The van der Waals surface area contributed by atoms with Crippen molar-refractivity contribution in [1.29, 1.82) is 0 Å². The molecule has 5 rings (SSSR count). The van der Waals surface area contributed by atoms with Crippen LogP contribution in [0, 0.1) is 0 Å². The van der Waals surface area contributed by atoms with Crippen molar-refractivity contribution in [2.45, 2.75) is 51.0 Å². The molecule has 0 radical (unpaired) electrons. The van der Waals surface area contributed by atoms with Crippen LogP contribution in [-0.2, 0) is 17.6 Å². The standard InChI is InChI=1S/C29H28O2/c30-29(31-28-8-2-1-3-9-28)27-17-16-25-19-22(13-15-26(25)20-27)11-10-21-12-14-23-6-4-5-7-24(23)18-21/h4-7,12-20,28H,1-3,8-11H2. The summed E-state index contributed by atoms with van der Waals surface area (Å²) in [6, 6.07) is 27.7. The summed E-state index contributed by atoms with van der Waals surface area (Å²) < 4.78 is 5.73. The maximum Gasteiger partial charge on any atom is 0.338 e. The molecule has 0 N–H and O–H groups in total. The van der Waals surface area contributed by atoms with Gasteiger partial charge in [0.05, 0.1) is 5.56 Å². The van der Waals surface area contributed by atoms with E-state index in [0.717, 1.165) is 43.9 Å². The lowest BCUT2D eigenvalue weighted by molar-refractivity contribution is 0.0211. The molecule has 0 bridgehead atoms. The van der Waals surface area contributed by atoms with Crippen molar-refractivity contribution in [2.75, 3.05) is 0 Å². The number of rotatable bonds is 5. The number of benzene rings is 4. The molecule has 0 aromatic heterocycles. The Morgan fingerprint density at radius 3 is 2.00 bits per heavy atom. The first-order chi connectivity index (χ1) is 15.2. The van der Waals surface area contributed by atoms with Crippen molar-refractivity contribution in [1.82, 2.24) is 0 Å². The van der Waals surface area contributed by atoms with Gasteiger partial charge in [-0.1, -0.05) is 73.2 Å². The zero-order valence-electron chi connectivity index (χ0n) is 17.8. The number of carbonyl (C=O) groups excluding carboxylic acids is 1. The molecular formula is C29H28O2. The van der Waals surface area contributed by atoms with Gasteiger partial charge >= 0.3 is 5.97 Å². The zero-order valence-corrected chi connectivity index (χ0v) is 17.8. The molecule has 0 amide bonds. The van der Waals surface area contributed by atoms with Crippen molar-refractivity contribution in [3.63, 3.8) is 0 Å². The Hall–Kier alpha value is -3.13. The van der Waals surface area contributed by atoms with Crippen LogP contribution >= 0.6 is 0 Å². The molecule has 0 atom stereocenters. The highest BCUT2D eigenvalue weighted by molar-refractivity contribution is 5.95. The Bertz CT molecular complexity index is 1220. The van der Waals surface area contributed by atoms with Crippen LogP contribution in [0.2, 0.25) is 0 Å². The monoisotopic (exact) mass is 408 g/mol. The third-order valence-corrected chi connectivity index (χ3v) is 6.48. The smallest absolute Gasteiger partial charge is 0.338 e. The van der Waals surface area contributed by atoms with E-state index in [1.165, 1.54) is 33.7 Å². The molecule has 1 fully saturated rings. The fraction of sp³-hybridized carbons (Fsp3) is 0.276. The molecule has 4 aromatic carbocycles. The summed E-state index contributed by atoms with van der Waals surface area (Å²) in [6.07, 6.45) is 7.69. The number of esters is 1. The molecule has 31 heavy (non-hydrogen) atoms. The molecule has 0 unspecified atom stereocenters. The van der Waals surface area contributed by atoms with Crippen LogP contribution in [0.25, 0.3) is 21.5 Å². The second-order valence-corrected chi connectivity index (χ2v) is 8.74.